The van der Waals surface area contributed by atoms with Gasteiger partial charge < -0.3 is 9.50 Å². The van der Waals surface area contributed by atoms with Crippen LogP contribution < -0.4 is 9.50 Å². The minimum atomic E-state index is -4.30. The van der Waals surface area contributed by atoms with Crippen LogP contribution in [0.4, 0.5) is 11.4 Å². The third kappa shape index (κ3) is 5.04. The number of carbonyl (C=O) groups is 1. The molecule has 0 radical (unpaired) electrons. The predicted octanol–water partition coefficient (Wildman–Crippen LogP) is 4.42. The second-order valence-corrected chi connectivity index (χ2v) is 9.11. The van der Waals surface area contributed by atoms with E-state index in [0.717, 1.165) is 17.4 Å². The van der Waals surface area contributed by atoms with Gasteiger partial charge in [-0.05, 0) is 56.3 Å². The van der Waals surface area contributed by atoms with E-state index < -0.39 is 20.9 Å². The Morgan fingerprint density at radius 1 is 1.00 bits per heavy atom. The van der Waals surface area contributed by atoms with Gasteiger partial charge in [0.1, 0.15) is 10.6 Å². The molecule has 3 aromatic carbocycles. The van der Waals surface area contributed by atoms with Crippen LogP contribution in [-0.4, -0.2) is 29.0 Å². The number of hydrogen-bond acceptors (Lipinski definition) is 7. The first-order valence-corrected chi connectivity index (χ1v) is 11.8. The van der Waals surface area contributed by atoms with Crippen LogP contribution in [0.5, 0.6) is 5.75 Å². The highest BCUT2D eigenvalue weighted by molar-refractivity contribution is 7.87. The summed E-state index contributed by atoms with van der Waals surface area (Å²) in [5.41, 5.74) is 2.74. The van der Waals surface area contributed by atoms with Gasteiger partial charge in [0.2, 0.25) is 0 Å². The van der Waals surface area contributed by atoms with Gasteiger partial charge in [-0.1, -0.05) is 24.3 Å². The summed E-state index contributed by atoms with van der Waals surface area (Å²) in [5.74, 6) is -0.450. The highest BCUT2D eigenvalue weighted by Crippen LogP contribution is 2.25. The molecule has 0 spiro atoms. The Morgan fingerprint density at radius 3 is 2.34 bits per heavy atom. The standard InChI is InChI=1S/C24H20N4O6S/c1-16-23(17(2)27(26-16)19-7-4-3-5-8-19)25-24(29)18-11-13-21(14-12-18)34-35(32,33)22-10-6-9-20(15-22)28(30)31/h3-15H,1-2H3,(H,25,29). The second kappa shape index (κ2) is 9.39. The Balaban J connectivity index is 1.50. The number of rotatable bonds is 7. The molecule has 178 valence electrons. The first kappa shape index (κ1) is 23.6. The molecule has 0 bridgehead atoms. The largest absolute Gasteiger partial charge is 0.379 e. The van der Waals surface area contributed by atoms with Crippen LogP contribution in [0.2, 0.25) is 0 Å². The second-order valence-electron chi connectivity index (χ2n) is 7.56. The summed E-state index contributed by atoms with van der Waals surface area (Å²) < 4.78 is 31.8. The van der Waals surface area contributed by atoms with Gasteiger partial charge in [-0.25, -0.2) is 4.68 Å². The third-order valence-corrected chi connectivity index (χ3v) is 6.41. The minimum Gasteiger partial charge on any atom is -0.379 e. The predicted molar refractivity (Wildman–Crippen MR) is 128 cm³/mol. The smallest absolute Gasteiger partial charge is 0.339 e. The molecule has 1 heterocycles. The number of amides is 1. The van der Waals surface area contributed by atoms with E-state index in [1.807, 2.05) is 37.3 Å². The molecule has 0 aliphatic carbocycles. The highest BCUT2D eigenvalue weighted by atomic mass is 32.2. The van der Waals surface area contributed by atoms with Crippen molar-refractivity contribution in [3.63, 3.8) is 0 Å². The Morgan fingerprint density at radius 2 is 1.69 bits per heavy atom. The van der Waals surface area contributed by atoms with Gasteiger partial charge in [0.05, 0.1) is 27.7 Å². The lowest BCUT2D eigenvalue weighted by atomic mass is 10.2. The van der Waals surface area contributed by atoms with Crippen molar-refractivity contribution in [1.29, 1.82) is 0 Å². The summed E-state index contributed by atoms with van der Waals surface area (Å²) in [6.07, 6.45) is 0. The van der Waals surface area contributed by atoms with Crippen molar-refractivity contribution < 1.29 is 22.3 Å². The Hall–Kier alpha value is -4.51. The Bertz CT molecular complexity index is 1510. The maximum atomic E-state index is 12.8. The number of benzene rings is 3. The van der Waals surface area contributed by atoms with Gasteiger partial charge in [-0.2, -0.15) is 13.5 Å². The number of nitro groups is 1. The molecule has 35 heavy (non-hydrogen) atoms. The molecular weight excluding hydrogens is 472 g/mol. The van der Waals surface area contributed by atoms with Crippen LogP contribution in [-0.2, 0) is 10.1 Å². The van der Waals surface area contributed by atoms with E-state index in [9.17, 15) is 23.3 Å². The summed E-state index contributed by atoms with van der Waals surface area (Å²) in [6, 6.07) is 19.6. The van der Waals surface area contributed by atoms with Gasteiger partial charge >= 0.3 is 10.1 Å². The molecule has 4 rings (SSSR count). The molecule has 1 amide bonds. The number of anilines is 1. The van der Waals surface area contributed by atoms with E-state index >= 15 is 0 Å². The molecule has 1 N–H and O–H groups in total. The van der Waals surface area contributed by atoms with Crippen LogP contribution in [0.15, 0.2) is 83.8 Å². The summed E-state index contributed by atoms with van der Waals surface area (Å²) >= 11 is 0. The molecule has 0 atom stereocenters. The van der Waals surface area contributed by atoms with Crippen molar-refractivity contribution in [2.75, 3.05) is 5.32 Å². The van der Waals surface area contributed by atoms with E-state index in [1.165, 1.54) is 42.5 Å². The zero-order valence-electron chi connectivity index (χ0n) is 18.7. The topological polar surface area (TPSA) is 133 Å². The summed E-state index contributed by atoms with van der Waals surface area (Å²) in [6.45, 7) is 3.64. The Labute approximate surface area is 201 Å². The normalized spacial score (nSPS) is 11.1. The lowest BCUT2D eigenvalue weighted by Gasteiger charge is -2.09. The number of carbonyl (C=O) groups excluding carboxylic acids is 1. The monoisotopic (exact) mass is 492 g/mol. The summed E-state index contributed by atoms with van der Waals surface area (Å²) in [7, 11) is -4.30. The minimum absolute atomic E-state index is 0.0442. The maximum absolute atomic E-state index is 12.8. The molecule has 0 saturated carbocycles. The molecule has 0 aliphatic heterocycles. The molecule has 11 heteroatoms. The number of para-hydroxylation sites is 1. The molecule has 4 aromatic rings. The highest BCUT2D eigenvalue weighted by Gasteiger charge is 2.21. The molecule has 0 unspecified atom stereocenters. The van der Waals surface area contributed by atoms with Crippen LogP contribution >= 0.6 is 0 Å². The van der Waals surface area contributed by atoms with E-state index in [4.69, 9.17) is 4.18 Å². The summed E-state index contributed by atoms with van der Waals surface area (Å²) in [4.78, 5) is 22.7. The fourth-order valence-electron chi connectivity index (χ4n) is 3.42. The number of hydrogen-bond donors (Lipinski definition) is 1. The van der Waals surface area contributed by atoms with Crippen LogP contribution in [0.1, 0.15) is 21.7 Å². The van der Waals surface area contributed by atoms with Crippen molar-refractivity contribution in [3.8, 4) is 11.4 Å². The van der Waals surface area contributed by atoms with Crippen molar-refractivity contribution in [2.24, 2.45) is 0 Å². The zero-order chi connectivity index (χ0) is 25.2. The number of nitrogens with one attached hydrogen (secondary N) is 1. The average Bonchev–Trinajstić information content (AvgIpc) is 3.13. The van der Waals surface area contributed by atoms with Crippen molar-refractivity contribution in [3.05, 3.63) is 106 Å². The fraction of sp³-hybridized carbons (Fsp3) is 0.0833. The molecule has 0 fully saturated rings. The van der Waals surface area contributed by atoms with Gasteiger partial charge in [-0.3, -0.25) is 14.9 Å². The average molecular weight is 493 g/mol. The SMILES string of the molecule is Cc1nn(-c2ccccc2)c(C)c1NC(=O)c1ccc(OS(=O)(=O)c2cccc([N+](=O)[O-])c2)cc1. The number of aryl methyl sites for hydroxylation is 1. The molecule has 1 aromatic heterocycles. The van der Waals surface area contributed by atoms with Crippen LogP contribution in [0.25, 0.3) is 5.69 Å². The number of nitrogens with zero attached hydrogens (tertiary/aromatic N) is 3. The first-order chi connectivity index (χ1) is 16.7. The number of non-ortho nitro benzene ring substituents is 1. The Kier molecular flexibility index (Phi) is 6.34. The lowest BCUT2D eigenvalue weighted by molar-refractivity contribution is -0.385. The molecule has 0 saturated heterocycles. The number of nitro benzene ring substituents is 1. The zero-order valence-corrected chi connectivity index (χ0v) is 19.5. The van der Waals surface area contributed by atoms with Gasteiger partial charge in [-0.15, -0.1) is 0 Å². The van der Waals surface area contributed by atoms with Crippen molar-refractivity contribution in [1.82, 2.24) is 9.78 Å². The van der Waals surface area contributed by atoms with E-state index in [2.05, 4.69) is 10.4 Å². The quantitative estimate of drug-likeness (QED) is 0.229. The van der Waals surface area contributed by atoms with Crippen molar-refractivity contribution >= 4 is 27.4 Å². The van der Waals surface area contributed by atoms with Gasteiger partial charge in [0.25, 0.3) is 11.6 Å². The third-order valence-electron chi connectivity index (χ3n) is 5.17. The summed E-state index contributed by atoms with van der Waals surface area (Å²) in [5, 5.41) is 18.3. The lowest BCUT2D eigenvalue weighted by Crippen LogP contribution is -2.14. The van der Waals surface area contributed by atoms with Crippen LogP contribution in [0.3, 0.4) is 0 Å². The molecular formula is C24H20N4O6S. The molecule has 0 aliphatic rings. The van der Waals surface area contributed by atoms with Crippen LogP contribution in [0, 0.1) is 24.0 Å². The fourth-order valence-corrected chi connectivity index (χ4v) is 4.39. The van der Waals surface area contributed by atoms with Crippen molar-refractivity contribution in [2.45, 2.75) is 18.7 Å². The number of aromatic nitrogens is 2. The van der Waals surface area contributed by atoms with E-state index in [0.29, 0.717) is 11.4 Å². The molecule has 10 nitrogen and oxygen atoms in total. The maximum Gasteiger partial charge on any atom is 0.339 e. The van der Waals surface area contributed by atoms with Gasteiger partial charge in [0, 0.05) is 17.7 Å². The van der Waals surface area contributed by atoms with E-state index in [-0.39, 0.29) is 21.9 Å². The van der Waals surface area contributed by atoms with Gasteiger partial charge in [0.15, 0.2) is 0 Å². The first-order valence-electron chi connectivity index (χ1n) is 10.4. The van der Waals surface area contributed by atoms with E-state index in [1.54, 1.807) is 11.6 Å².